The molecular weight excluding hydrogens is 354 g/mol. The summed E-state index contributed by atoms with van der Waals surface area (Å²) in [7, 11) is 0. The van der Waals surface area contributed by atoms with Crippen LogP contribution in [0.1, 0.15) is 27.0 Å². The monoisotopic (exact) mass is 373 g/mol. The highest BCUT2D eigenvalue weighted by molar-refractivity contribution is 6.07. The number of nitro groups is 1. The topological polar surface area (TPSA) is 69.4 Å². The molecule has 3 rings (SSSR count). The van der Waals surface area contributed by atoms with Gasteiger partial charge in [0.25, 0.3) is 5.69 Å². The largest absolute Gasteiger partial charge is 0.488 e. The molecule has 0 spiro atoms. The molecule has 0 saturated carbocycles. The fraction of sp³-hybridized carbons (Fsp3) is 0.0870. The van der Waals surface area contributed by atoms with Crippen LogP contribution in [0.25, 0.3) is 6.08 Å². The Morgan fingerprint density at radius 2 is 1.75 bits per heavy atom. The van der Waals surface area contributed by atoms with Crippen molar-refractivity contribution in [1.82, 2.24) is 0 Å². The Morgan fingerprint density at radius 1 is 1.04 bits per heavy atom. The second-order valence-electron chi connectivity index (χ2n) is 6.27. The smallest absolute Gasteiger partial charge is 0.273 e. The number of hydrogen-bond acceptors (Lipinski definition) is 4. The van der Waals surface area contributed by atoms with Crippen molar-refractivity contribution >= 4 is 17.5 Å². The third-order valence-corrected chi connectivity index (χ3v) is 4.26. The number of ether oxygens (including phenoxy) is 1. The van der Waals surface area contributed by atoms with E-state index in [1.165, 1.54) is 12.1 Å². The SMILES string of the molecule is Cc1ccc(C(=O)C=Cc2ccccc2OCc2ccccc2)cc1[N+](=O)[O-]. The Bertz CT molecular complexity index is 1030. The minimum atomic E-state index is -0.484. The van der Waals surface area contributed by atoms with E-state index in [0.29, 0.717) is 17.9 Å². The molecule has 0 N–H and O–H groups in total. The Morgan fingerprint density at radius 3 is 2.50 bits per heavy atom. The standard InChI is InChI=1S/C23H19NO4/c1-17-11-12-20(15-21(17)24(26)27)22(25)14-13-19-9-5-6-10-23(19)28-16-18-7-3-2-4-8-18/h2-15H,16H2,1H3. The summed E-state index contributed by atoms with van der Waals surface area (Å²) in [5.41, 5.74) is 2.53. The van der Waals surface area contributed by atoms with E-state index in [-0.39, 0.29) is 17.0 Å². The molecular formula is C23H19NO4. The number of para-hydroxylation sites is 1. The van der Waals surface area contributed by atoms with Crippen molar-refractivity contribution in [1.29, 1.82) is 0 Å². The maximum Gasteiger partial charge on any atom is 0.273 e. The summed E-state index contributed by atoms with van der Waals surface area (Å²) in [6.45, 7) is 2.06. The van der Waals surface area contributed by atoms with Crippen LogP contribution in [-0.2, 0) is 6.61 Å². The van der Waals surface area contributed by atoms with E-state index in [2.05, 4.69) is 0 Å². The number of nitro benzene ring substituents is 1. The molecule has 3 aromatic carbocycles. The number of benzene rings is 3. The zero-order valence-corrected chi connectivity index (χ0v) is 15.4. The molecule has 28 heavy (non-hydrogen) atoms. The van der Waals surface area contributed by atoms with Crippen molar-refractivity contribution in [3.63, 3.8) is 0 Å². The first kappa shape index (κ1) is 19.0. The van der Waals surface area contributed by atoms with Gasteiger partial charge in [0, 0.05) is 22.8 Å². The van der Waals surface area contributed by atoms with Gasteiger partial charge in [-0.25, -0.2) is 0 Å². The van der Waals surface area contributed by atoms with Gasteiger partial charge in [0.2, 0.25) is 0 Å². The van der Waals surface area contributed by atoms with Crippen LogP contribution in [0.15, 0.2) is 78.9 Å². The predicted molar refractivity (Wildman–Crippen MR) is 108 cm³/mol. The van der Waals surface area contributed by atoms with Gasteiger partial charge in [0.15, 0.2) is 5.78 Å². The van der Waals surface area contributed by atoms with Crippen LogP contribution in [0, 0.1) is 17.0 Å². The first-order chi connectivity index (χ1) is 13.5. The highest BCUT2D eigenvalue weighted by Gasteiger charge is 2.13. The van der Waals surface area contributed by atoms with Crippen molar-refractivity contribution in [2.45, 2.75) is 13.5 Å². The number of carbonyl (C=O) groups excluding carboxylic acids is 1. The van der Waals surface area contributed by atoms with E-state index in [0.717, 1.165) is 11.1 Å². The minimum absolute atomic E-state index is 0.0640. The molecule has 0 unspecified atom stereocenters. The van der Waals surface area contributed by atoms with Crippen molar-refractivity contribution in [3.8, 4) is 5.75 Å². The molecule has 3 aromatic rings. The summed E-state index contributed by atoms with van der Waals surface area (Å²) < 4.78 is 5.88. The lowest BCUT2D eigenvalue weighted by molar-refractivity contribution is -0.385. The van der Waals surface area contributed by atoms with E-state index in [9.17, 15) is 14.9 Å². The fourth-order valence-corrected chi connectivity index (χ4v) is 2.71. The summed E-state index contributed by atoms with van der Waals surface area (Å²) in [5.74, 6) is 0.353. The Labute approximate surface area is 163 Å². The molecule has 5 nitrogen and oxygen atoms in total. The summed E-state index contributed by atoms with van der Waals surface area (Å²) in [5, 5.41) is 11.1. The van der Waals surface area contributed by atoms with Gasteiger partial charge in [-0.2, -0.15) is 0 Å². The van der Waals surface area contributed by atoms with Crippen LogP contribution >= 0.6 is 0 Å². The summed E-state index contributed by atoms with van der Waals surface area (Å²) >= 11 is 0. The number of nitrogens with zero attached hydrogens (tertiary/aromatic N) is 1. The predicted octanol–water partition coefficient (Wildman–Crippen LogP) is 5.38. The molecule has 0 radical (unpaired) electrons. The average molecular weight is 373 g/mol. The van der Waals surface area contributed by atoms with Crippen molar-refractivity contribution in [2.75, 3.05) is 0 Å². The Balaban J connectivity index is 1.76. The fourth-order valence-electron chi connectivity index (χ4n) is 2.71. The van der Waals surface area contributed by atoms with Gasteiger partial charge in [-0.15, -0.1) is 0 Å². The number of aryl methyl sites for hydroxylation is 1. The van der Waals surface area contributed by atoms with Crippen LogP contribution < -0.4 is 4.74 Å². The van der Waals surface area contributed by atoms with E-state index in [4.69, 9.17) is 4.74 Å². The van der Waals surface area contributed by atoms with Gasteiger partial charge in [-0.05, 0) is 30.7 Å². The number of carbonyl (C=O) groups is 1. The maximum atomic E-state index is 12.4. The molecule has 0 fully saturated rings. The van der Waals surface area contributed by atoms with Crippen LogP contribution in [-0.4, -0.2) is 10.7 Å². The van der Waals surface area contributed by atoms with Crippen molar-refractivity contribution < 1.29 is 14.5 Å². The molecule has 0 amide bonds. The molecule has 0 bridgehead atoms. The van der Waals surface area contributed by atoms with Gasteiger partial charge in [-0.3, -0.25) is 14.9 Å². The molecule has 0 atom stereocenters. The van der Waals surface area contributed by atoms with Crippen LogP contribution in [0.4, 0.5) is 5.69 Å². The number of ketones is 1. The Kier molecular flexibility index (Phi) is 5.97. The van der Waals surface area contributed by atoms with Gasteiger partial charge in [-0.1, -0.05) is 60.7 Å². The lowest BCUT2D eigenvalue weighted by Gasteiger charge is -2.09. The molecule has 0 aromatic heterocycles. The van der Waals surface area contributed by atoms with E-state index >= 15 is 0 Å². The lowest BCUT2D eigenvalue weighted by Crippen LogP contribution is -1.99. The normalized spacial score (nSPS) is 10.8. The number of allylic oxidation sites excluding steroid dienone is 1. The highest BCUT2D eigenvalue weighted by Crippen LogP contribution is 2.23. The molecule has 0 aliphatic rings. The summed E-state index contributed by atoms with van der Waals surface area (Å²) in [4.78, 5) is 23.0. The van der Waals surface area contributed by atoms with E-state index < -0.39 is 4.92 Å². The van der Waals surface area contributed by atoms with Crippen molar-refractivity contribution in [3.05, 3.63) is 111 Å². The molecule has 0 heterocycles. The molecule has 0 aliphatic heterocycles. The van der Waals surface area contributed by atoms with Crippen LogP contribution in [0.2, 0.25) is 0 Å². The first-order valence-electron chi connectivity index (χ1n) is 8.78. The third-order valence-electron chi connectivity index (χ3n) is 4.26. The Hall–Kier alpha value is -3.73. The average Bonchev–Trinajstić information content (AvgIpc) is 2.72. The number of rotatable bonds is 7. The number of hydrogen-bond donors (Lipinski definition) is 0. The molecule has 5 heteroatoms. The minimum Gasteiger partial charge on any atom is -0.488 e. The van der Waals surface area contributed by atoms with Crippen LogP contribution in [0.5, 0.6) is 5.75 Å². The third kappa shape index (κ3) is 4.71. The van der Waals surface area contributed by atoms with Gasteiger partial charge < -0.3 is 4.74 Å². The summed E-state index contributed by atoms with van der Waals surface area (Å²) in [6.07, 6.45) is 3.06. The van der Waals surface area contributed by atoms with E-state index in [1.807, 2.05) is 54.6 Å². The van der Waals surface area contributed by atoms with Gasteiger partial charge in [0.05, 0.1) is 4.92 Å². The maximum absolute atomic E-state index is 12.4. The van der Waals surface area contributed by atoms with Gasteiger partial charge in [0.1, 0.15) is 12.4 Å². The van der Waals surface area contributed by atoms with E-state index in [1.54, 1.807) is 25.1 Å². The first-order valence-corrected chi connectivity index (χ1v) is 8.78. The zero-order chi connectivity index (χ0) is 19.9. The molecule has 0 aliphatic carbocycles. The van der Waals surface area contributed by atoms with Crippen molar-refractivity contribution in [2.24, 2.45) is 0 Å². The second-order valence-corrected chi connectivity index (χ2v) is 6.27. The zero-order valence-electron chi connectivity index (χ0n) is 15.4. The van der Waals surface area contributed by atoms with Gasteiger partial charge >= 0.3 is 0 Å². The molecule has 140 valence electrons. The highest BCUT2D eigenvalue weighted by atomic mass is 16.6. The molecule has 0 saturated heterocycles. The summed E-state index contributed by atoms with van der Waals surface area (Å²) in [6, 6.07) is 21.7. The second kappa shape index (κ2) is 8.77. The quantitative estimate of drug-likeness (QED) is 0.241. The lowest BCUT2D eigenvalue weighted by atomic mass is 10.1. The van der Waals surface area contributed by atoms with Crippen LogP contribution in [0.3, 0.4) is 0 Å².